The van der Waals surface area contributed by atoms with Crippen LogP contribution in [0, 0.1) is 0 Å². The van der Waals surface area contributed by atoms with Crippen molar-refractivity contribution in [2.75, 3.05) is 12.4 Å². The molecule has 2 rings (SSSR count). The molecule has 0 atom stereocenters. The molecule has 140 valence electrons. The Kier molecular flexibility index (Phi) is 7.18. The predicted octanol–water partition coefficient (Wildman–Crippen LogP) is 4.23. The molecule has 2 aromatic rings. The highest BCUT2D eigenvalue weighted by atomic mass is 35.5. The Hall–Kier alpha value is -2.61. The third-order valence-electron chi connectivity index (χ3n) is 3.25. The second kappa shape index (κ2) is 9.36. The number of hydrogen-bond donors (Lipinski definition) is 3. The Morgan fingerprint density at radius 1 is 1.19 bits per heavy atom. The first-order valence-electron chi connectivity index (χ1n) is 7.46. The van der Waals surface area contributed by atoms with Crippen molar-refractivity contribution in [3.05, 3.63) is 63.6 Å². The molecule has 0 saturated heterocycles. The number of aliphatic carboxylic acids is 1. The molecular formula is C18H14Cl2N2O4S. The number of ether oxygens (including phenoxy) is 1. The number of amides is 1. The maximum atomic E-state index is 12.3. The van der Waals surface area contributed by atoms with E-state index in [0.29, 0.717) is 11.3 Å². The Morgan fingerprint density at radius 2 is 1.85 bits per heavy atom. The molecule has 0 saturated carbocycles. The normalized spacial score (nSPS) is 10.5. The summed E-state index contributed by atoms with van der Waals surface area (Å²) in [5.41, 5.74) is 1.46. The summed E-state index contributed by atoms with van der Waals surface area (Å²) in [6, 6.07) is 9.69. The van der Waals surface area contributed by atoms with Crippen molar-refractivity contribution in [2.45, 2.75) is 0 Å². The lowest BCUT2D eigenvalue weighted by atomic mass is 10.2. The molecule has 6 nitrogen and oxygen atoms in total. The summed E-state index contributed by atoms with van der Waals surface area (Å²) in [6.07, 6.45) is 2.47. The minimum Gasteiger partial charge on any atom is -0.494 e. The topological polar surface area (TPSA) is 87.7 Å². The van der Waals surface area contributed by atoms with Crippen LogP contribution in [0.2, 0.25) is 10.0 Å². The van der Waals surface area contributed by atoms with E-state index in [2.05, 4.69) is 10.6 Å². The van der Waals surface area contributed by atoms with E-state index in [-0.39, 0.29) is 26.5 Å². The highest BCUT2D eigenvalue weighted by molar-refractivity contribution is 7.80. The first-order chi connectivity index (χ1) is 12.8. The van der Waals surface area contributed by atoms with Gasteiger partial charge in [-0.1, -0.05) is 35.3 Å². The van der Waals surface area contributed by atoms with Gasteiger partial charge in [0.2, 0.25) is 0 Å². The standard InChI is InChI=1S/C18H14Cl2N2O4S/c1-26-16-13(19)8-11(9-14(16)20)17(25)22-18(27)21-12-4-2-3-10(7-12)5-6-15(23)24/h2-9H,1H3,(H,23,24)(H2,21,22,25,27)/b6-5+. The van der Waals surface area contributed by atoms with Crippen molar-refractivity contribution >= 4 is 64.2 Å². The zero-order valence-corrected chi connectivity index (χ0v) is 16.3. The molecule has 27 heavy (non-hydrogen) atoms. The minimum absolute atomic E-state index is 0.0578. The van der Waals surface area contributed by atoms with Gasteiger partial charge in [-0.3, -0.25) is 10.1 Å². The molecule has 9 heteroatoms. The molecular weight excluding hydrogens is 411 g/mol. The molecule has 0 unspecified atom stereocenters. The van der Waals surface area contributed by atoms with E-state index in [1.54, 1.807) is 24.3 Å². The summed E-state index contributed by atoms with van der Waals surface area (Å²) < 4.78 is 5.04. The molecule has 0 heterocycles. The number of carboxylic acids is 1. The SMILES string of the molecule is COc1c(Cl)cc(C(=O)NC(=S)Nc2cccc(/C=C/C(=O)O)c2)cc1Cl. The molecule has 0 aliphatic rings. The highest BCUT2D eigenvalue weighted by Gasteiger charge is 2.14. The van der Waals surface area contributed by atoms with Gasteiger partial charge in [-0.2, -0.15) is 0 Å². The van der Waals surface area contributed by atoms with Crippen molar-refractivity contribution in [3.63, 3.8) is 0 Å². The average Bonchev–Trinajstić information content (AvgIpc) is 2.59. The van der Waals surface area contributed by atoms with Crippen LogP contribution in [0.3, 0.4) is 0 Å². The van der Waals surface area contributed by atoms with Gasteiger partial charge < -0.3 is 15.2 Å². The van der Waals surface area contributed by atoms with Crippen molar-refractivity contribution in [2.24, 2.45) is 0 Å². The molecule has 0 aliphatic heterocycles. The van der Waals surface area contributed by atoms with Crippen molar-refractivity contribution in [1.29, 1.82) is 0 Å². The monoisotopic (exact) mass is 424 g/mol. The van der Waals surface area contributed by atoms with Crippen LogP contribution in [-0.2, 0) is 4.79 Å². The summed E-state index contributed by atoms with van der Waals surface area (Å²) in [7, 11) is 1.42. The fourth-order valence-corrected chi connectivity index (χ4v) is 2.96. The van der Waals surface area contributed by atoms with E-state index in [9.17, 15) is 9.59 Å². The van der Waals surface area contributed by atoms with E-state index < -0.39 is 11.9 Å². The quantitative estimate of drug-likeness (QED) is 0.491. The van der Waals surface area contributed by atoms with E-state index >= 15 is 0 Å². The average molecular weight is 425 g/mol. The third kappa shape index (κ3) is 5.96. The lowest BCUT2D eigenvalue weighted by molar-refractivity contribution is -0.131. The van der Waals surface area contributed by atoms with Gasteiger partial charge in [-0.25, -0.2) is 4.79 Å². The van der Waals surface area contributed by atoms with Gasteiger partial charge in [-0.15, -0.1) is 0 Å². The zero-order chi connectivity index (χ0) is 20.0. The molecule has 0 aliphatic carbocycles. The van der Waals surface area contributed by atoms with Gasteiger partial charge in [0.05, 0.1) is 17.2 Å². The van der Waals surface area contributed by atoms with Crippen LogP contribution in [0.25, 0.3) is 6.08 Å². The molecule has 0 aromatic heterocycles. The smallest absolute Gasteiger partial charge is 0.328 e. The van der Waals surface area contributed by atoms with Gasteiger partial charge >= 0.3 is 5.97 Å². The molecule has 0 bridgehead atoms. The van der Waals surface area contributed by atoms with Crippen LogP contribution in [0.15, 0.2) is 42.5 Å². The first-order valence-corrected chi connectivity index (χ1v) is 8.63. The summed E-state index contributed by atoms with van der Waals surface area (Å²) in [4.78, 5) is 22.9. The minimum atomic E-state index is -1.05. The molecule has 0 fully saturated rings. The number of benzene rings is 2. The van der Waals surface area contributed by atoms with Crippen LogP contribution in [-0.4, -0.2) is 29.2 Å². The molecule has 1 amide bonds. The Bertz CT molecular complexity index is 908. The van der Waals surface area contributed by atoms with Gasteiger partial charge in [0, 0.05) is 17.3 Å². The van der Waals surface area contributed by atoms with Crippen LogP contribution in [0.1, 0.15) is 15.9 Å². The van der Waals surface area contributed by atoms with Crippen LogP contribution < -0.4 is 15.4 Å². The number of carboxylic acid groups (broad SMARTS) is 1. The number of rotatable bonds is 5. The van der Waals surface area contributed by atoms with Crippen molar-refractivity contribution in [3.8, 4) is 5.75 Å². The summed E-state index contributed by atoms with van der Waals surface area (Å²) in [6.45, 7) is 0. The Balaban J connectivity index is 2.06. The van der Waals surface area contributed by atoms with Crippen LogP contribution in [0.5, 0.6) is 5.75 Å². The second-order valence-corrected chi connectivity index (χ2v) is 6.40. The fourth-order valence-electron chi connectivity index (χ4n) is 2.11. The van der Waals surface area contributed by atoms with E-state index in [0.717, 1.165) is 6.08 Å². The zero-order valence-electron chi connectivity index (χ0n) is 14.0. The van der Waals surface area contributed by atoms with Crippen molar-refractivity contribution in [1.82, 2.24) is 5.32 Å². The maximum Gasteiger partial charge on any atom is 0.328 e. The second-order valence-electron chi connectivity index (χ2n) is 5.18. The maximum absolute atomic E-state index is 12.3. The van der Waals surface area contributed by atoms with Gasteiger partial charge in [0.1, 0.15) is 0 Å². The molecule has 3 N–H and O–H groups in total. The number of hydrogen-bond acceptors (Lipinski definition) is 4. The lowest BCUT2D eigenvalue weighted by Crippen LogP contribution is -2.34. The first kappa shape index (κ1) is 20.7. The molecule has 0 radical (unpaired) electrons. The van der Waals surface area contributed by atoms with Gasteiger partial charge in [0.15, 0.2) is 10.9 Å². The largest absolute Gasteiger partial charge is 0.494 e. The number of thiocarbonyl (C=S) groups is 1. The fraction of sp³-hybridized carbons (Fsp3) is 0.0556. The number of carbonyl (C=O) groups is 2. The number of halogens is 2. The van der Waals surface area contributed by atoms with Crippen molar-refractivity contribution < 1.29 is 19.4 Å². The van der Waals surface area contributed by atoms with E-state index in [1.807, 2.05) is 0 Å². The summed E-state index contributed by atoms with van der Waals surface area (Å²) in [5, 5.41) is 14.5. The van der Waals surface area contributed by atoms with E-state index in [4.69, 9.17) is 45.3 Å². The Labute approximate surface area is 170 Å². The molecule has 2 aromatic carbocycles. The van der Waals surface area contributed by atoms with Gasteiger partial charge in [0.25, 0.3) is 5.91 Å². The number of carbonyl (C=O) groups excluding carboxylic acids is 1. The molecule has 0 spiro atoms. The Morgan fingerprint density at radius 3 is 2.44 bits per heavy atom. The van der Waals surface area contributed by atoms with Crippen LogP contribution in [0.4, 0.5) is 5.69 Å². The van der Waals surface area contributed by atoms with Gasteiger partial charge in [-0.05, 0) is 48.1 Å². The number of methoxy groups -OCH3 is 1. The highest BCUT2D eigenvalue weighted by Crippen LogP contribution is 2.33. The van der Waals surface area contributed by atoms with E-state index in [1.165, 1.54) is 25.3 Å². The third-order valence-corrected chi connectivity index (χ3v) is 4.02. The lowest BCUT2D eigenvalue weighted by Gasteiger charge is -2.12. The number of anilines is 1. The summed E-state index contributed by atoms with van der Waals surface area (Å²) in [5.74, 6) is -1.27. The number of nitrogens with one attached hydrogen (secondary N) is 2. The summed E-state index contributed by atoms with van der Waals surface area (Å²) >= 11 is 17.2. The van der Waals surface area contributed by atoms with Crippen LogP contribution >= 0.6 is 35.4 Å². The predicted molar refractivity (Wildman–Crippen MR) is 110 cm³/mol.